The Labute approximate surface area is 182 Å². The predicted octanol–water partition coefficient (Wildman–Crippen LogP) is 2.54. The van der Waals surface area contributed by atoms with Crippen molar-refractivity contribution >= 4 is 26.6 Å². The number of piperidine rings is 1. The third-order valence-electron chi connectivity index (χ3n) is 5.62. The van der Waals surface area contributed by atoms with Crippen LogP contribution in [0.3, 0.4) is 0 Å². The number of para-hydroxylation sites is 1. The molecule has 7 nitrogen and oxygen atoms in total. The fourth-order valence-electron chi connectivity index (χ4n) is 3.88. The predicted molar refractivity (Wildman–Crippen MR) is 122 cm³/mol. The minimum Gasteiger partial charge on any atom is -0.349 e. The molecule has 0 radical (unpaired) electrons. The van der Waals surface area contributed by atoms with Gasteiger partial charge in [-0.05, 0) is 37.1 Å². The van der Waals surface area contributed by atoms with Gasteiger partial charge in [-0.25, -0.2) is 13.4 Å². The first-order valence-corrected chi connectivity index (χ1v) is 12.5. The van der Waals surface area contributed by atoms with E-state index in [0.717, 1.165) is 42.4 Å². The maximum Gasteiger partial charge on any atom is 0.252 e. The Morgan fingerprint density at radius 2 is 1.94 bits per heavy atom. The van der Waals surface area contributed by atoms with Gasteiger partial charge in [-0.3, -0.25) is 9.78 Å². The number of pyridine rings is 2. The highest BCUT2D eigenvalue weighted by molar-refractivity contribution is 7.90. The number of sulfone groups is 1. The number of hydrogen-bond donors (Lipinski definition) is 1. The second-order valence-electron chi connectivity index (χ2n) is 8.03. The number of benzene rings is 1. The molecule has 1 aliphatic rings. The van der Waals surface area contributed by atoms with Gasteiger partial charge in [0, 0.05) is 55.3 Å². The van der Waals surface area contributed by atoms with E-state index in [1.807, 2.05) is 42.5 Å². The molecule has 0 atom stereocenters. The average Bonchev–Trinajstić information content (AvgIpc) is 2.78. The van der Waals surface area contributed by atoms with Crippen molar-refractivity contribution in [2.75, 3.05) is 31.6 Å². The topological polar surface area (TPSA) is 92.3 Å². The van der Waals surface area contributed by atoms with E-state index < -0.39 is 9.84 Å². The van der Waals surface area contributed by atoms with E-state index in [2.05, 4.69) is 15.2 Å². The third kappa shape index (κ3) is 5.45. The fraction of sp³-hybridized carbons (Fsp3) is 0.348. The van der Waals surface area contributed by atoms with Crippen LogP contribution >= 0.6 is 0 Å². The molecule has 1 saturated heterocycles. The number of carbonyl (C=O) groups excluding carboxylic acids is 1. The van der Waals surface area contributed by atoms with Gasteiger partial charge in [-0.15, -0.1) is 0 Å². The van der Waals surface area contributed by atoms with Gasteiger partial charge in [0.2, 0.25) is 0 Å². The number of aromatic nitrogens is 2. The van der Waals surface area contributed by atoms with Gasteiger partial charge < -0.3 is 10.2 Å². The van der Waals surface area contributed by atoms with Crippen molar-refractivity contribution in [3.8, 4) is 11.3 Å². The average molecular weight is 439 g/mol. The number of hydrogen-bond acceptors (Lipinski definition) is 6. The first-order valence-electron chi connectivity index (χ1n) is 10.4. The molecule has 0 spiro atoms. The summed E-state index contributed by atoms with van der Waals surface area (Å²) in [5, 5.41) is 3.99. The number of nitrogens with one attached hydrogen (secondary N) is 1. The number of likely N-dealkylation sites (tertiary alicyclic amines) is 1. The summed E-state index contributed by atoms with van der Waals surface area (Å²) in [5.41, 5.74) is 2.95. The molecule has 1 aromatic carbocycles. The summed E-state index contributed by atoms with van der Waals surface area (Å²) >= 11 is 0. The van der Waals surface area contributed by atoms with Crippen LogP contribution in [0.4, 0.5) is 0 Å². The van der Waals surface area contributed by atoms with E-state index in [9.17, 15) is 13.2 Å². The van der Waals surface area contributed by atoms with Gasteiger partial charge in [0.05, 0.1) is 22.5 Å². The third-order valence-corrected chi connectivity index (χ3v) is 6.54. The summed E-state index contributed by atoms with van der Waals surface area (Å²) in [6.45, 7) is 2.10. The van der Waals surface area contributed by atoms with E-state index in [4.69, 9.17) is 4.98 Å². The lowest BCUT2D eigenvalue weighted by molar-refractivity contribution is 0.0914. The minimum atomic E-state index is -2.96. The summed E-state index contributed by atoms with van der Waals surface area (Å²) in [6.07, 6.45) is 6.31. The minimum absolute atomic E-state index is 0.0655. The Hall–Kier alpha value is -2.84. The summed E-state index contributed by atoms with van der Waals surface area (Å²) in [4.78, 5) is 24.2. The molecule has 0 bridgehead atoms. The number of amides is 1. The smallest absolute Gasteiger partial charge is 0.252 e. The largest absolute Gasteiger partial charge is 0.349 e. The fourth-order valence-corrected chi connectivity index (χ4v) is 4.47. The second kappa shape index (κ2) is 9.11. The lowest BCUT2D eigenvalue weighted by Gasteiger charge is -2.32. The highest BCUT2D eigenvalue weighted by Gasteiger charge is 2.23. The van der Waals surface area contributed by atoms with Crippen molar-refractivity contribution in [2.24, 2.45) is 0 Å². The van der Waals surface area contributed by atoms with Crippen molar-refractivity contribution in [1.82, 2.24) is 20.2 Å². The van der Waals surface area contributed by atoms with Gasteiger partial charge >= 0.3 is 0 Å². The molecule has 0 aliphatic carbocycles. The van der Waals surface area contributed by atoms with Crippen molar-refractivity contribution in [3.63, 3.8) is 0 Å². The van der Waals surface area contributed by atoms with Crippen molar-refractivity contribution < 1.29 is 13.2 Å². The highest BCUT2D eigenvalue weighted by Crippen LogP contribution is 2.25. The summed E-state index contributed by atoms with van der Waals surface area (Å²) in [6, 6.07) is 13.3. The number of fused-ring (bicyclic) bond motifs is 1. The molecular formula is C23H26N4O3S. The number of nitrogens with zero attached hydrogens (tertiary/aromatic N) is 3. The van der Waals surface area contributed by atoms with Crippen LogP contribution in [0.2, 0.25) is 0 Å². The normalized spacial score (nSPS) is 15.8. The number of carbonyl (C=O) groups is 1. The van der Waals surface area contributed by atoms with Crippen LogP contribution in [0.1, 0.15) is 23.2 Å². The molecule has 0 saturated carbocycles. The molecule has 1 aliphatic heterocycles. The summed E-state index contributed by atoms with van der Waals surface area (Å²) < 4.78 is 22.8. The summed E-state index contributed by atoms with van der Waals surface area (Å²) in [5.74, 6) is 0.0581. The van der Waals surface area contributed by atoms with Crippen LogP contribution in [0.15, 0.2) is 54.9 Å². The van der Waals surface area contributed by atoms with E-state index in [1.165, 1.54) is 6.26 Å². The summed E-state index contributed by atoms with van der Waals surface area (Å²) in [7, 11) is -2.96. The molecule has 2 aromatic heterocycles. The zero-order valence-electron chi connectivity index (χ0n) is 17.5. The van der Waals surface area contributed by atoms with E-state index in [0.29, 0.717) is 17.8 Å². The van der Waals surface area contributed by atoms with Crippen LogP contribution in [-0.2, 0) is 9.84 Å². The van der Waals surface area contributed by atoms with E-state index in [-0.39, 0.29) is 17.7 Å². The highest BCUT2D eigenvalue weighted by atomic mass is 32.2. The standard InChI is InChI=1S/C23H26N4O3S/c1-31(29,30)14-13-27-11-8-18(9-12-27)25-23(28)20-15-22(17-5-4-10-24-16-17)26-21-7-3-2-6-19(20)21/h2-7,10,15-16,18H,8-9,11-14H2,1H3,(H,25,28). The second-order valence-corrected chi connectivity index (χ2v) is 10.3. The molecular weight excluding hydrogens is 412 g/mol. The molecule has 3 aromatic rings. The first-order chi connectivity index (χ1) is 14.9. The maximum absolute atomic E-state index is 13.2. The van der Waals surface area contributed by atoms with Crippen molar-refractivity contribution in [3.05, 3.63) is 60.4 Å². The zero-order valence-corrected chi connectivity index (χ0v) is 18.3. The Balaban J connectivity index is 1.49. The van der Waals surface area contributed by atoms with E-state index >= 15 is 0 Å². The molecule has 31 heavy (non-hydrogen) atoms. The van der Waals surface area contributed by atoms with Gasteiger partial charge in [0.1, 0.15) is 9.84 Å². The first kappa shape index (κ1) is 21.4. The zero-order chi connectivity index (χ0) is 21.8. The van der Waals surface area contributed by atoms with Crippen LogP contribution < -0.4 is 5.32 Å². The SMILES string of the molecule is CS(=O)(=O)CCN1CCC(NC(=O)c2cc(-c3cccnc3)nc3ccccc23)CC1. The molecule has 0 unspecified atom stereocenters. The molecule has 4 rings (SSSR count). The molecule has 1 amide bonds. The molecule has 1 fully saturated rings. The molecule has 162 valence electrons. The molecule has 8 heteroatoms. The van der Waals surface area contributed by atoms with E-state index in [1.54, 1.807) is 12.4 Å². The lowest BCUT2D eigenvalue weighted by atomic mass is 10.0. The van der Waals surface area contributed by atoms with Crippen molar-refractivity contribution in [1.29, 1.82) is 0 Å². The monoisotopic (exact) mass is 438 g/mol. The molecule has 1 N–H and O–H groups in total. The quantitative estimate of drug-likeness (QED) is 0.636. The van der Waals surface area contributed by atoms with Crippen LogP contribution in [-0.4, -0.2) is 66.9 Å². The van der Waals surface area contributed by atoms with Gasteiger partial charge in [-0.2, -0.15) is 0 Å². The Morgan fingerprint density at radius 3 is 2.65 bits per heavy atom. The van der Waals surface area contributed by atoms with Crippen LogP contribution in [0.25, 0.3) is 22.2 Å². The Morgan fingerprint density at radius 1 is 1.16 bits per heavy atom. The van der Waals surface area contributed by atoms with Gasteiger partial charge in [0.25, 0.3) is 5.91 Å². The lowest BCUT2D eigenvalue weighted by Crippen LogP contribution is -2.45. The van der Waals surface area contributed by atoms with Crippen molar-refractivity contribution in [2.45, 2.75) is 18.9 Å². The number of rotatable bonds is 6. The molecule has 3 heterocycles. The van der Waals surface area contributed by atoms with Crippen LogP contribution in [0.5, 0.6) is 0 Å². The maximum atomic E-state index is 13.2. The Bertz CT molecular complexity index is 1170. The Kier molecular flexibility index (Phi) is 6.29. The van der Waals surface area contributed by atoms with Gasteiger partial charge in [0.15, 0.2) is 0 Å². The van der Waals surface area contributed by atoms with Crippen LogP contribution in [0, 0.1) is 0 Å². The van der Waals surface area contributed by atoms with Gasteiger partial charge in [-0.1, -0.05) is 18.2 Å².